The molecule has 2 fully saturated rings. The van der Waals surface area contributed by atoms with Crippen LogP contribution in [0.5, 0.6) is 0 Å². The maximum absolute atomic E-state index is 10.8. The van der Waals surface area contributed by atoms with Crippen molar-refractivity contribution in [2.75, 3.05) is 20.1 Å². The van der Waals surface area contributed by atoms with E-state index >= 15 is 0 Å². The Kier molecular flexibility index (Phi) is 2.30. The van der Waals surface area contributed by atoms with Crippen LogP contribution >= 0.6 is 0 Å². The summed E-state index contributed by atoms with van der Waals surface area (Å²) >= 11 is 0. The highest BCUT2D eigenvalue weighted by Gasteiger charge is 2.47. The molecule has 3 nitrogen and oxygen atoms in total. The molecule has 1 amide bonds. The average molecular weight is 196 g/mol. The fourth-order valence-corrected chi connectivity index (χ4v) is 2.82. The summed E-state index contributed by atoms with van der Waals surface area (Å²) in [6.07, 6.45) is 5.83. The lowest BCUT2D eigenvalue weighted by molar-refractivity contribution is -0.128. The van der Waals surface area contributed by atoms with Crippen LogP contribution in [0.2, 0.25) is 0 Å². The maximum Gasteiger partial charge on any atom is 0.209 e. The number of hydrogen-bond donors (Lipinski definition) is 1. The monoisotopic (exact) mass is 196 g/mol. The fraction of sp³-hybridized carbons (Fsp3) is 0.909. The van der Waals surface area contributed by atoms with Crippen molar-refractivity contribution in [2.24, 2.45) is 5.41 Å². The summed E-state index contributed by atoms with van der Waals surface area (Å²) in [5, 5.41) is 3.32. The zero-order valence-electron chi connectivity index (χ0n) is 9.18. The molecule has 0 aromatic heterocycles. The Hall–Kier alpha value is -0.570. The maximum atomic E-state index is 10.8. The van der Waals surface area contributed by atoms with E-state index in [-0.39, 0.29) is 5.54 Å². The third-order valence-corrected chi connectivity index (χ3v) is 4.05. The van der Waals surface area contributed by atoms with Gasteiger partial charge in [-0.3, -0.25) is 4.79 Å². The Morgan fingerprint density at radius 1 is 1.43 bits per heavy atom. The Balaban J connectivity index is 2.01. The molecule has 0 unspecified atom stereocenters. The number of rotatable bonds is 4. The van der Waals surface area contributed by atoms with Crippen molar-refractivity contribution < 1.29 is 4.79 Å². The Bertz CT molecular complexity index is 231. The standard InChI is InChI=1S/C11H20N2O/c1-10(7-12-8-10)6-11(4-3-5-11)13(2)9-14/h9,12H,3-8H2,1-2H3. The van der Waals surface area contributed by atoms with E-state index < -0.39 is 0 Å². The van der Waals surface area contributed by atoms with Crippen LogP contribution in [-0.2, 0) is 4.79 Å². The van der Waals surface area contributed by atoms with Gasteiger partial charge < -0.3 is 10.2 Å². The molecule has 0 bridgehead atoms. The van der Waals surface area contributed by atoms with Crippen LogP contribution in [0.1, 0.15) is 32.6 Å². The Morgan fingerprint density at radius 3 is 2.36 bits per heavy atom. The van der Waals surface area contributed by atoms with Gasteiger partial charge in [-0.25, -0.2) is 0 Å². The van der Waals surface area contributed by atoms with Gasteiger partial charge >= 0.3 is 0 Å². The highest BCUT2D eigenvalue weighted by molar-refractivity contribution is 5.49. The van der Waals surface area contributed by atoms with Gasteiger partial charge in [-0.1, -0.05) is 6.92 Å². The molecule has 1 aliphatic heterocycles. The first-order valence-electron chi connectivity index (χ1n) is 5.49. The molecule has 80 valence electrons. The minimum atomic E-state index is 0.193. The molecular formula is C11H20N2O. The van der Waals surface area contributed by atoms with Crippen molar-refractivity contribution in [1.82, 2.24) is 10.2 Å². The van der Waals surface area contributed by atoms with E-state index in [2.05, 4.69) is 12.2 Å². The minimum Gasteiger partial charge on any atom is -0.343 e. The predicted octanol–water partition coefficient (Wildman–Crippen LogP) is 0.997. The van der Waals surface area contributed by atoms with E-state index in [1.165, 1.54) is 25.7 Å². The number of amides is 1. The second-order valence-electron chi connectivity index (χ2n) is 5.39. The van der Waals surface area contributed by atoms with Crippen molar-refractivity contribution in [3.63, 3.8) is 0 Å². The highest BCUT2D eigenvalue weighted by Crippen LogP contribution is 2.45. The van der Waals surface area contributed by atoms with Crippen molar-refractivity contribution in [1.29, 1.82) is 0 Å². The van der Waals surface area contributed by atoms with Gasteiger partial charge in [-0.05, 0) is 31.1 Å². The minimum absolute atomic E-state index is 0.193. The van der Waals surface area contributed by atoms with E-state index in [1.54, 1.807) is 0 Å². The van der Waals surface area contributed by atoms with Crippen molar-refractivity contribution in [3.05, 3.63) is 0 Å². The molecule has 0 atom stereocenters. The summed E-state index contributed by atoms with van der Waals surface area (Å²) < 4.78 is 0. The quantitative estimate of drug-likeness (QED) is 0.680. The third kappa shape index (κ3) is 1.44. The van der Waals surface area contributed by atoms with Crippen LogP contribution in [0.25, 0.3) is 0 Å². The topological polar surface area (TPSA) is 32.3 Å². The van der Waals surface area contributed by atoms with Crippen LogP contribution in [0.3, 0.4) is 0 Å². The first-order valence-corrected chi connectivity index (χ1v) is 5.49. The Labute approximate surface area is 85.8 Å². The normalized spacial score (nSPS) is 27.3. The SMILES string of the molecule is CN(C=O)C1(CC2(C)CNC2)CCC1. The summed E-state index contributed by atoms with van der Waals surface area (Å²) in [6.45, 7) is 4.55. The van der Waals surface area contributed by atoms with Crippen LogP contribution in [0.15, 0.2) is 0 Å². The number of carbonyl (C=O) groups excluding carboxylic acids is 1. The third-order valence-electron chi connectivity index (χ3n) is 4.05. The highest BCUT2D eigenvalue weighted by atomic mass is 16.1. The van der Waals surface area contributed by atoms with E-state index in [4.69, 9.17) is 0 Å². The van der Waals surface area contributed by atoms with Crippen LogP contribution in [0.4, 0.5) is 0 Å². The molecule has 0 aromatic carbocycles. The van der Waals surface area contributed by atoms with E-state index in [0.29, 0.717) is 5.41 Å². The van der Waals surface area contributed by atoms with E-state index in [1.807, 2.05) is 11.9 Å². The van der Waals surface area contributed by atoms with Gasteiger partial charge in [0.05, 0.1) is 0 Å². The predicted molar refractivity (Wildman–Crippen MR) is 56.0 cm³/mol. The smallest absolute Gasteiger partial charge is 0.209 e. The molecule has 0 spiro atoms. The van der Waals surface area contributed by atoms with Crippen LogP contribution in [0, 0.1) is 5.41 Å². The van der Waals surface area contributed by atoms with Gasteiger partial charge in [-0.15, -0.1) is 0 Å². The molecular weight excluding hydrogens is 176 g/mol. The first kappa shape index (κ1) is 9.97. The fourth-order valence-electron chi connectivity index (χ4n) is 2.82. The molecule has 3 heteroatoms. The lowest BCUT2D eigenvalue weighted by Gasteiger charge is -2.54. The van der Waals surface area contributed by atoms with Gasteiger partial charge in [0.15, 0.2) is 0 Å². The summed E-state index contributed by atoms with van der Waals surface area (Å²) in [5.41, 5.74) is 0.621. The van der Waals surface area contributed by atoms with Crippen LogP contribution in [-0.4, -0.2) is 37.0 Å². The molecule has 1 saturated carbocycles. The number of hydrogen-bond acceptors (Lipinski definition) is 2. The van der Waals surface area contributed by atoms with Gasteiger partial charge in [0.2, 0.25) is 6.41 Å². The molecule has 0 radical (unpaired) electrons. The van der Waals surface area contributed by atoms with Gasteiger partial charge in [0.25, 0.3) is 0 Å². The summed E-state index contributed by atoms with van der Waals surface area (Å²) in [4.78, 5) is 12.7. The molecule has 0 aromatic rings. The second-order valence-corrected chi connectivity index (χ2v) is 5.39. The van der Waals surface area contributed by atoms with Gasteiger partial charge in [0.1, 0.15) is 0 Å². The summed E-state index contributed by atoms with van der Waals surface area (Å²) in [7, 11) is 1.93. The number of nitrogens with one attached hydrogen (secondary N) is 1. The lowest BCUT2D eigenvalue weighted by atomic mass is 9.64. The van der Waals surface area contributed by atoms with Crippen molar-refractivity contribution in [3.8, 4) is 0 Å². The lowest BCUT2D eigenvalue weighted by Crippen LogP contribution is -2.60. The Morgan fingerprint density at radius 2 is 2.07 bits per heavy atom. The summed E-state index contributed by atoms with van der Waals surface area (Å²) in [5.74, 6) is 0. The van der Waals surface area contributed by atoms with Crippen molar-refractivity contribution >= 4 is 6.41 Å². The number of nitrogens with zero attached hydrogens (tertiary/aromatic N) is 1. The summed E-state index contributed by atoms with van der Waals surface area (Å²) in [6, 6.07) is 0. The molecule has 14 heavy (non-hydrogen) atoms. The van der Waals surface area contributed by atoms with Gasteiger partial charge in [0, 0.05) is 25.7 Å². The van der Waals surface area contributed by atoms with E-state index in [9.17, 15) is 4.79 Å². The van der Waals surface area contributed by atoms with Gasteiger partial charge in [-0.2, -0.15) is 0 Å². The molecule has 1 saturated heterocycles. The van der Waals surface area contributed by atoms with E-state index in [0.717, 1.165) is 19.5 Å². The van der Waals surface area contributed by atoms with Crippen molar-refractivity contribution in [2.45, 2.75) is 38.1 Å². The zero-order chi connectivity index (χ0) is 10.2. The molecule has 1 aliphatic carbocycles. The number of carbonyl (C=O) groups is 1. The largest absolute Gasteiger partial charge is 0.343 e. The van der Waals surface area contributed by atoms with Crippen LogP contribution < -0.4 is 5.32 Å². The first-order chi connectivity index (χ1) is 6.60. The zero-order valence-corrected chi connectivity index (χ0v) is 9.18. The molecule has 1 N–H and O–H groups in total. The average Bonchev–Trinajstić information content (AvgIpc) is 2.07. The second kappa shape index (κ2) is 3.23. The molecule has 1 heterocycles. The molecule has 2 aliphatic rings. The molecule has 2 rings (SSSR count).